The molecule has 22 heavy (non-hydrogen) atoms. The molecule has 0 aromatic heterocycles. The number of amides is 1. The number of carboxylic acids is 1. The fraction of sp³-hybridized carbons (Fsp3) is 0.529. The zero-order valence-electron chi connectivity index (χ0n) is 13.1. The summed E-state index contributed by atoms with van der Waals surface area (Å²) in [6.45, 7) is 4.23. The van der Waals surface area contributed by atoms with Crippen molar-refractivity contribution in [3.05, 3.63) is 35.9 Å². The molecular formula is C17H23NO4. The van der Waals surface area contributed by atoms with E-state index in [2.05, 4.69) is 0 Å². The van der Waals surface area contributed by atoms with Gasteiger partial charge in [-0.1, -0.05) is 50.6 Å². The van der Waals surface area contributed by atoms with Crippen LogP contribution in [0.4, 0.5) is 0 Å². The zero-order chi connectivity index (χ0) is 16.2. The second-order valence-corrected chi connectivity index (χ2v) is 5.83. The van der Waals surface area contributed by atoms with Gasteiger partial charge in [0.1, 0.15) is 0 Å². The number of carboxylic acid groups (broad SMARTS) is 1. The van der Waals surface area contributed by atoms with Gasteiger partial charge in [0.05, 0.1) is 6.61 Å². The first-order valence-corrected chi connectivity index (χ1v) is 7.73. The van der Waals surface area contributed by atoms with Crippen LogP contribution in [-0.2, 0) is 20.8 Å². The maximum atomic E-state index is 11.8. The Kier molecular flexibility index (Phi) is 5.19. The van der Waals surface area contributed by atoms with E-state index in [4.69, 9.17) is 4.84 Å². The third-order valence-electron chi connectivity index (χ3n) is 4.58. The van der Waals surface area contributed by atoms with Crippen molar-refractivity contribution in [3.8, 4) is 0 Å². The SMILES string of the molecule is CCCCON(C=O)C1(C(=O)O)C(C)C1Cc1ccccc1. The highest BCUT2D eigenvalue weighted by Crippen LogP contribution is 2.56. The monoisotopic (exact) mass is 305 g/mol. The number of carbonyl (C=O) groups excluding carboxylic acids is 1. The van der Waals surface area contributed by atoms with Crippen LogP contribution in [-0.4, -0.2) is 34.7 Å². The maximum absolute atomic E-state index is 11.8. The van der Waals surface area contributed by atoms with Gasteiger partial charge >= 0.3 is 5.97 Å². The van der Waals surface area contributed by atoms with E-state index in [9.17, 15) is 14.7 Å². The van der Waals surface area contributed by atoms with Crippen LogP contribution < -0.4 is 0 Å². The fourth-order valence-corrected chi connectivity index (χ4v) is 3.17. The third kappa shape index (κ3) is 2.86. The minimum absolute atomic E-state index is 0.140. The molecule has 1 aliphatic rings. The lowest BCUT2D eigenvalue weighted by molar-refractivity contribution is -0.205. The summed E-state index contributed by atoms with van der Waals surface area (Å²) < 4.78 is 0. The van der Waals surface area contributed by atoms with Gasteiger partial charge in [-0.15, -0.1) is 0 Å². The number of aliphatic carboxylic acids is 1. The first-order chi connectivity index (χ1) is 10.6. The van der Waals surface area contributed by atoms with E-state index in [-0.39, 0.29) is 11.8 Å². The molecule has 1 fully saturated rings. The molecule has 5 heteroatoms. The summed E-state index contributed by atoms with van der Waals surface area (Å²) in [6, 6.07) is 9.73. The van der Waals surface area contributed by atoms with Gasteiger partial charge < -0.3 is 5.11 Å². The molecule has 0 saturated heterocycles. The molecule has 0 aliphatic heterocycles. The number of unbranched alkanes of at least 4 members (excludes halogenated alkanes) is 1. The average molecular weight is 305 g/mol. The van der Waals surface area contributed by atoms with Crippen molar-refractivity contribution in [2.75, 3.05) is 6.61 Å². The van der Waals surface area contributed by atoms with Crippen LogP contribution in [0.5, 0.6) is 0 Å². The van der Waals surface area contributed by atoms with Crippen LogP contribution in [0, 0.1) is 11.8 Å². The van der Waals surface area contributed by atoms with Crippen LogP contribution in [0.3, 0.4) is 0 Å². The molecule has 1 amide bonds. The van der Waals surface area contributed by atoms with Gasteiger partial charge in [0.2, 0.25) is 6.41 Å². The van der Waals surface area contributed by atoms with Crippen molar-refractivity contribution < 1.29 is 19.5 Å². The number of benzene rings is 1. The summed E-state index contributed by atoms with van der Waals surface area (Å²) in [6.07, 6.45) is 2.84. The fourth-order valence-electron chi connectivity index (χ4n) is 3.17. The molecule has 0 bridgehead atoms. The Balaban J connectivity index is 2.15. The van der Waals surface area contributed by atoms with Crippen molar-refractivity contribution in [3.63, 3.8) is 0 Å². The van der Waals surface area contributed by atoms with Crippen molar-refractivity contribution in [1.82, 2.24) is 5.06 Å². The van der Waals surface area contributed by atoms with Crippen molar-refractivity contribution in [1.29, 1.82) is 0 Å². The topological polar surface area (TPSA) is 66.8 Å². The highest BCUT2D eigenvalue weighted by molar-refractivity contribution is 5.86. The lowest BCUT2D eigenvalue weighted by Crippen LogP contribution is -2.46. The zero-order valence-corrected chi connectivity index (χ0v) is 13.1. The number of hydroxylamine groups is 2. The van der Waals surface area contributed by atoms with Crippen molar-refractivity contribution in [2.45, 2.75) is 38.6 Å². The molecule has 3 atom stereocenters. The lowest BCUT2D eigenvalue weighted by atomic mass is 10.1. The lowest BCUT2D eigenvalue weighted by Gasteiger charge is -2.25. The Morgan fingerprint density at radius 2 is 2.09 bits per heavy atom. The molecule has 0 radical (unpaired) electrons. The molecule has 1 aromatic rings. The first kappa shape index (κ1) is 16.5. The molecular weight excluding hydrogens is 282 g/mol. The molecule has 1 N–H and O–H groups in total. The Bertz CT molecular complexity index is 519. The summed E-state index contributed by atoms with van der Waals surface area (Å²) in [5.74, 6) is -1.28. The van der Waals surface area contributed by atoms with E-state index < -0.39 is 11.5 Å². The number of carbonyl (C=O) groups is 2. The van der Waals surface area contributed by atoms with Crippen LogP contribution in [0.15, 0.2) is 30.3 Å². The Hall–Kier alpha value is -1.88. The minimum atomic E-state index is -1.24. The van der Waals surface area contributed by atoms with E-state index in [0.717, 1.165) is 23.5 Å². The van der Waals surface area contributed by atoms with E-state index in [1.165, 1.54) is 0 Å². The first-order valence-electron chi connectivity index (χ1n) is 7.73. The maximum Gasteiger partial charge on any atom is 0.332 e. The standard InChI is InChI=1S/C17H23NO4/c1-3-4-10-22-18(12-19)17(16(20)21)13(2)15(17)11-14-8-6-5-7-9-14/h5-9,12-13,15H,3-4,10-11H2,1-2H3,(H,20,21). The predicted molar refractivity (Wildman–Crippen MR) is 81.9 cm³/mol. The van der Waals surface area contributed by atoms with Gasteiger partial charge in [-0.05, 0) is 24.3 Å². The van der Waals surface area contributed by atoms with Gasteiger partial charge in [0, 0.05) is 5.92 Å². The van der Waals surface area contributed by atoms with E-state index in [1.54, 1.807) is 0 Å². The summed E-state index contributed by atoms with van der Waals surface area (Å²) in [5, 5.41) is 10.7. The van der Waals surface area contributed by atoms with E-state index in [0.29, 0.717) is 19.4 Å². The van der Waals surface area contributed by atoms with Gasteiger partial charge in [-0.3, -0.25) is 9.63 Å². The number of nitrogens with zero attached hydrogens (tertiary/aromatic N) is 1. The molecule has 3 unspecified atom stereocenters. The van der Waals surface area contributed by atoms with Crippen LogP contribution >= 0.6 is 0 Å². The molecule has 5 nitrogen and oxygen atoms in total. The highest BCUT2D eigenvalue weighted by atomic mass is 16.7. The number of hydrogen-bond donors (Lipinski definition) is 1. The second kappa shape index (κ2) is 6.92. The largest absolute Gasteiger partial charge is 0.479 e. The molecule has 0 spiro atoms. The van der Waals surface area contributed by atoms with E-state index in [1.807, 2.05) is 44.2 Å². The third-order valence-corrected chi connectivity index (χ3v) is 4.58. The Morgan fingerprint density at radius 3 is 2.64 bits per heavy atom. The van der Waals surface area contributed by atoms with Gasteiger partial charge in [0.15, 0.2) is 5.54 Å². The smallest absolute Gasteiger partial charge is 0.332 e. The van der Waals surface area contributed by atoms with Gasteiger partial charge in [0.25, 0.3) is 0 Å². The van der Waals surface area contributed by atoms with Crippen LogP contribution in [0.2, 0.25) is 0 Å². The molecule has 1 aromatic carbocycles. The molecule has 1 aliphatic carbocycles. The summed E-state index contributed by atoms with van der Waals surface area (Å²) in [4.78, 5) is 28.7. The minimum Gasteiger partial charge on any atom is -0.479 e. The van der Waals surface area contributed by atoms with Crippen LogP contribution in [0.1, 0.15) is 32.3 Å². The summed E-state index contributed by atoms with van der Waals surface area (Å²) >= 11 is 0. The molecule has 120 valence electrons. The van der Waals surface area contributed by atoms with Gasteiger partial charge in [-0.2, -0.15) is 0 Å². The summed E-state index contributed by atoms with van der Waals surface area (Å²) in [5.41, 5.74) is -0.174. The van der Waals surface area contributed by atoms with Crippen LogP contribution in [0.25, 0.3) is 0 Å². The van der Waals surface area contributed by atoms with Crippen molar-refractivity contribution >= 4 is 12.4 Å². The highest BCUT2D eigenvalue weighted by Gasteiger charge is 2.72. The number of rotatable bonds is 9. The number of hydrogen-bond acceptors (Lipinski definition) is 3. The molecule has 2 rings (SSSR count). The van der Waals surface area contributed by atoms with E-state index >= 15 is 0 Å². The Morgan fingerprint density at radius 1 is 1.41 bits per heavy atom. The quantitative estimate of drug-likeness (QED) is 0.432. The predicted octanol–water partition coefficient (Wildman–Crippen LogP) is 2.51. The average Bonchev–Trinajstić information content (AvgIpc) is 3.10. The molecule has 0 heterocycles. The molecule has 1 saturated carbocycles. The summed E-state index contributed by atoms with van der Waals surface area (Å²) in [7, 11) is 0. The Labute approximate surface area is 130 Å². The van der Waals surface area contributed by atoms with Gasteiger partial charge in [-0.25, -0.2) is 9.86 Å². The second-order valence-electron chi connectivity index (χ2n) is 5.83. The normalized spacial score (nSPS) is 26.5. The van der Waals surface area contributed by atoms with Crippen molar-refractivity contribution in [2.24, 2.45) is 11.8 Å².